The highest BCUT2D eigenvalue weighted by Gasteiger charge is 2.42. The van der Waals surface area contributed by atoms with Crippen LogP contribution in [0.5, 0.6) is 0 Å². The van der Waals surface area contributed by atoms with Crippen molar-refractivity contribution >= 4 is 43.7 Å². The fourth-order valence-corrected chi connectivity index (χ4v) is 3.20. The number of nitrogens with one attached hydrogen (secondary N) is 2. The van der Waals surface area contributed by atoms with Gasteiger partial charge in [0.05, 0.1) is 22.2 Å². The van der Waals surface area contributed by atoms with Gasteiger partial charge in [-0.25, -0.2) is 0 Å². The van der Waals surface area contributed by atoms with Crippen LogP contribution in [-0.4, -0.2) is 34.1 Å². The van der Waals surface area contributed by atoms with Crippen LogP contribution >= 0.6 is 31.9 Å². The number of amides is 2. The van der Waals surface area contributed by atoms with E-state index in [-0.39, 0.29) is 34.1 Å². The Morgan fingerprint density at radius 1 is 1.25 bits per heavy atom. The molecule has 0 heterocycles. The predicted octanol–water partition coefficient (Wildman–Crippen LogP) is 2.59. The summed E-state index contributed by atoms with van der Waals surface area (Å²) < 4.78 is 0. The summed E-state index contributed by atoms with van der Waals surface area (Å²) in [6.07, 6.45) is 2.88. The van der Waals surface area contributed by atoms with Crippen LogP contribution in [0.15, 0.2) is 0 Å². The lowest BCUT2D eigenvalue weighted by Crippen LogP contribution is -2.63. The van der Waals surface area contributed by atoms with Gasteiger partial charge in [-0.05, 0) is 38.0 Å². The Balaban J connectivity index is 2.84. The summed E-state index contributed by atoms with van der Waals surface area (Å²) in [6, 6.07) is -0.0169. The van der Waals surface area contributed by atoms with E-state index in [2.05, 4.69) is 56.3 Å². The largest absolute Gasteiger partial charge is 0.350 e. The quantitative estimate of drug-likeness (QED) is 0.683. The van der Waals surface area contributed by atoms with Crippen molar-refractivity contribution in [2.45, 2.75) is 51.6 Å². The first-order valence-corrected chi connectivity index (χ1v) is 9.29. The summed E-state index contributed by atoms with van der Waals surface area (Å²) in [7, 11) is 0. The zero-order chi connectivity index (χ0) is 15.3. The Morgan fingerprint density at radius 3 is 2.35 bits per heavy atom. The molecule has 0 aliphatic heterocycles. The maximum atomic E-state index is 11.7. The standard InChI is InChI=1S/C14H24Br2N2O2/c1-9(2)10-4-5-14(3,18-13(20)8-16)11(6-10)17-12(19)7-15/h9-11H,4-8H2,1-3H3,(H,17,19)(H,18,20). The van der Waals surface area contributed by atoms with Crippen LogP contribution in [0.3, 0.4) is 0 Å². The third-order valence-electron chi connectivity index (χ3n) is 4.29. The van der Waals surface area contributed by atoms with Crippen LogP contribution in [0.1, 0.15) is 40.0 Å². The summed E-state index contributed by atoms with van der Waals surface area (Å²) in [5.41, 5.74) is -0.367. The Morgan fingerprint density at radius 2 is 1.85 bits per heavy atom. The smallest absolute Gasteiger partial charge is 0.231 e. The molecule has 6 heteroatoms. The minimum Gasteiger partial charge on any atom is -0.350 e. The third-order valence-corrected chi connectivity index (χ3v) is 5.31. The summed E-state index contributed by atoms with van der Waals surface area (Å²) in [5, 5.41) is 6.70. The number of halogens is 2. The minimum absolute atomic E-state index is 0.0169. The van der Waals surface area contributed by atoms with Crippen LogP contribution in [0.2, 0.25) is 0 Å². The predicted molar refractivity (Wildman–Crippen MR) is 88.2 cm³/mol. The van der Waals surface area contributed by atoms with E-state index in [1.165, 1.54) is 0 Å². The van der Waals surface area contributed by atoms with Crippen LogP contribution in [0, 0.1) is 11.8 Å². The Hall–Kier alpha value is -0.100. The van der Waals surface area contributed by atoms with Gasteiger partial charge < -0.3 is 10.6 Å². The third kappa shape index (κ3) is 4.72. The summed E-state index contributed by atoms with van der Waals surface area (Å²) in [5.74, 6) is 1.12. The molecule has 1 aliphatic rings. The van der Waals surface area contributed by atoms with E-state index >= 15 is 0 Å². The topological polar surface area (TPSA) is 58.2 Å². The van der Waals surface area contributed by atoms with Crippen molar-refractivity contribution in [3.05, 3.63) is 0 Å². The number of carbonyl (C=O) groups excluding carboxylic acids is 2. The molecule has 3 atom stereocenters. The van der Waals surface area contributed by atoms with Crippen molar-refractivity contribution in [1.82, 2.24) is 10.6 Å². The van der Waals surface area contributed by atoms with E-state index in [1.54, 1.807) is 0 Å². The van der Waals surface area contributed by atoms with Gasteiger partial charge in [0, 0.05) is 0 Å². The van der Waals surface area contributed by atoms with Gasteiger partial charge in [-0.1, -0.05) is 45.7 Å². The summed E-state index contributed by atoms with van der Waals surface area (Å²) in [6.45, 7) is 6.46. The lowest BCUT2D eigenvalue weighted by atomic mass is 9.70. The zero-order valence-electron chi connectivity index (χ0n) is 12.3. The van der Waals surface area contributed by atoms with Crippen LogP contribution in [0.4, 0.5) is 0 Å². The van der Waals surface area contributed by atoms with Gasteiger partial charge >= 0.3 is 0 Å². The number of hydrogen-bond donors (Lipinski definition) is 2. The molecular formula is C14H24Br2N2O2. The maximum Gasteiger partial charge on any atom is 0.231 e. The molecule has 116 valence electrons. The van der Waals surface area contributed by atoms with Gasteiger partial charge in [-0.3, -0.25) is 9.59 Å². The van der Waals surface area contributed by atoms with Crippen LogP contribution in [0.25, 0.3) is 0 Å². The maximum absolute atomic E-state index is 11.7. The first-order chi connectivity index (χ1) is 9.32. The van der Waals surface area contributed by atoms with Crippen molar-refractivity contribution in [1.29, 1.82) is 0 Å². The van der Waals surface area contributed by atoms with E-state index in [0.717, 1.165) is 19.3 Å². The zero-order valence-corrected chi connectivity index (χ0v) is 15.5. The van der Waals surface area contributed by atoms with Gasteiger partial charge in [-0.15, -0.1) is 0 Å². The molecule has 20 heavy (non-hydrogen) atoms. The Bertz CT molecular complexity index is 363. The first-order valence-electron chi connectivity index (χ1n) is 7.04. The molecule has 3 unspecified atom stereocenters. The highest BCUT2D eigenvalue weighted by Crippen LogP contribution is 2.36. The van der Waals surface area contributed by atoms with Crippen LogP contribution in [-0.2, 0) is 9.59 Å². The molecule has 1 rings (SSSR count). The fourth-order valence-electron chi connectivity index (χ4n) is 2.90. The number of rotatable bonds is 5. The fraction of sp³-hybridized carbons (Fsp3) is 0.857. The van der Waals surface area contributed by atoms with E-state index in [1.807, 2.05) is 6.92 Å². The summed E-state index contributed by atoms with van der Waals surface area (Å²) >= 11 is 6.36. The second-order valence-corrected chi connectivity index (χ2v) is 7.25. The molecule has 0 aromatic rings. The number of carbonyl (C=O) groups is 2. The molecule has 0 radical (unpaired) electrons. The Labute approximate surface area is 138 Å². The monoisotopic (exact) mass is 410 g/mol. The van der Waals surface area contributed by atoms with Crippen molar-refractivity contribution in [2.24, 2.45) is 11.8 Å². The van der Waals surface area contributed by atoms with E-state index in [0.29, 0.717) is 11.8 Å². The van der Waals surface area contributed by atoms with Gasteiger partial charge in [0.25, 0.3) is 0 Å². The van der Waals surface area contributed by atoms with Crippen LogP contribution < -0.4 is 10.6 Å². The second kappa shape index (κ2) is 7.78. The molecule has 1 aliphatic carbocycles. The second-order valence-electron chi connectivity index (χ2n) is 6.13. The molecule has 2 amide bonds. The molecule has 0 aromatic heterocycles. The number of alkyl halides is 2. The van der Waals surface area contributed by atoms with Gasteiger partial charge in [0.1, 0.15) is 0 Å². The molecule has 2 N–H and O–H groups in total. The molecule has 4 nitrogen and oxygen atoms in total. The normalized spacial score (nSPS) is 30.1. The molecule has 0 saturated heterocycles. The molecule has 1 fully saturated rings. The highest BCUT2D eigenvalue weighted by atomic mass is 79.9. The Kier molecular flexibility index (Phi) is 6.98. The van der Waals surface area contributed by atoms with Gasteiger partial charge in [0.15, 0.2) is 0 Å². The molecule has 1 saturated carbocycles. The van der Waals surface area contributed by atoms with Crippen molar-refractivity contribution < 1.29 is 9.59 Å². The minimum atomic E-state index is -0.367. The van der Waals surface area contributed by atoms with E-state index in [9.17, 15) is 9.59 Å². The SMILES string of the molecule is CC(C)C1CCC(C)(NC(=O)CBr)C(NC(=O)CBr)C1. The van der Waals surface area contributed by atoms with E-state index in [4.69, 9.17) is 0 Å². The average molecular weight is 412 g/mol. The first kappa shape index (κ1) is 18.0. The van der Waals surface area contributed by atoms with Crippen molar-refractivity contribution in [2.75, 3.05) is 10.7 Å². The lowest BCUT2D eigenvalue weighted by Gasteiger charge is -2.46. The van der Waals surface area contributed by atoms with Crippen molar-refractivity contribution in [3.8, 4) is 0 Å². The molecule has 0 aromatic carbocycles. The van der Waals surface area contributed by atoms with Gasteiger partial charge in [-0.2, -0.15) is 0 Å². The highest BCUT2D eigenvalue weighted by molar-refractivity contribution is 9.09. The number of hydrogen-bond acceptors (Lipinski definition) is 2. The van der Waals surface area contributed by atoms with Crippen molar-refractivity contribution in [3.63, 3.8) is 0 Å². The molecule has 0 spiro atoms. The molecular weight excluding hydrogens is 388 g/mol. The average Bonchev–Trinajstić information content (AvgIpc) is 2.40. The molecule has 0 bridgehead atoms. The lowest BCUT2D eigenvalue weighted by molar-refractivity contribution is -0.124. The van der Waals surface area contributed by atoms with Gasteiger partial charge in [0.2, 0.25) is 11.8 Å². The summed E-state index contributed by atoms with van der Waals surface area (Å²) in [4.78, 5) is 23.4. The van der Waals surface area contributed by atoms with E-state index < -0.39 is 0 Å².